The molecule has 1 saturated carbocycles. The van der Waals surface area contributed by atoms with Gasteiger partial charge in [0.1, 0.15) is 5.69 Å². The van der Waals surface area contributed by atoms with E-state index < -0.39 is 0 Å². The summed E-state index contributed by atoms with van der Waals surface area (Å²) in [5.41, 5.74) is 0.938. The van der Waals surface area contributed by atoms with Crippen LogP contribution >= 0.6 is 11.6 Å². The largest absolute Gasteiger partial charge is 0.346 e. The lowest BCUT2D eigenvalue weighted by Crippen LogP contribution is -2.45. The first kappa shape index (κ1) is 13.4. The SMILES string of the molecule is CC(C)(NC(=O)c1cc(Cl)c2ccccc2n1)C1CC1. The summed E-state index contributed by atoms with van der Waals surface area (Å²) in [6.07, 6.45) is 2.36. The van der Waals surface area contributed by atoms with Gasteiger partial charge in [-0.25, -0.2) is 4.98 Å². The van der Waals surface area contributed by atoms with Gasteiger partial charge in [0, 0.05) is 10.9 Å². The maximum Gasteiger partial charge on any atom is 0.270 e. The van der Waals surface area contributed by atoms with Crippen LogP contribution in [0.2, 0.25) is 5.02 Å². The number of nitrogens with zero attached hydrogens (tertiary/aromatic N) is 1. The Morgan fingerprint density at radius 3 is 2.75 bits per heavy atom. The zero-order valence-corrected chi connectivity index (χ0v) is 12.4. The van der Waals surface area contributed by atoms with Crippen LogP contribution in [0, 0.1) is 5.92 Å². The zero-order chi connectivity index (χ0) is 14.3. The monoisotopic (exact) mass is 288 g/mol. The van der Waals surface area contributed by atoms with Crippen molar-refractivity contribution in [2.45, 2.75) is 32.2 Å². The smallest absolute Gasteiger partial charge is 0.270 e. The van der Waals surface area contributed by atoms with Gasteiger partial charge in [-0.05, 0) is 44.7 Å². The summed E-state index contributed by atoms with van der Waals surface area (Å²) >= 11 is 6.23. The van der Waals surface area contributed by atoms with E-state index in [4.69, 9.17) is 11.6 Å². The van der Waals surface area contributed by atoms with E-state index in [0.29, 0.717) is 16.6 Å². The Morgan fingerprint density at radius 2 is 2.05 bits per heavy atom. The van der Waals surface area contributed by atoms with E-state index in [9.17, 15) is 4.79 Å². The molecular weight excluding hydrogens is 272 g/mol. The molecule has 104 valence electrons. The summed E-state index contributed by atoms with van der Waals surface area (Å²) < 4.78 is 0. The average molecular weight is 289 g/mol. The first-order valence-electron chi connectivity index (χ1n) is 6.85. The Bertz CT molecular complexity index is 677. The van der Waals surface area contributed by atoms with Crippen molar-refractivity contribution < 1.29 is 4.79 Å². The highest BCUT2D eigenvalue weighted by molar-refractivity contribution is 6.35. The van der Waals surface area contributed by atoms with Crippen LogP contribution in [-0.2, 0) is 0 Å². The molecule has 0 atom stereocenters. The third-order valence-electron chi connectivity index (χ3n) is 3.93. The van der Waals surface area contributed by atoms with Gasteiger partial charge in [-0.15, -0.1) is 0 Å². The third-order valence-corrected chi connectivity index (χ3v) is 4.24. The number of hydrogen-bond donors (Lipinski definition) is 1. The second-order valence-electron chi connectivity index (χ2n) is 5.96. The first-order chi connectivity index (χ1) is 9.47. The molecule has 4 heteroatoms. The van der Waals surface area contributed by atoms with Gasteiger partial charge in [0.25, 0.3) is 5.91 Å². The molecule has 1 aliphatic rings. The van der Waals surface area contributed by atoms with E-state index in [-0.39, 0.29) is 11.4 Å². The standard InChI is InChI=1S/C16H17ClN2O/c1-16(2,10-7-8-10)19-15(20)14-9-12(17)11-5-3-4-6-13(11)18-14/h3-6,9-10H,7-8H2,1-2H3,(H,19,20). The molecule has 1 amide bonds. The van der Waals surface area contributed by atoms with Crippen LogP contribution in [0.4, 0.5) is 0 Å². The number of nitrogens with one attached hydrogen (secondary N) is 1. The first-order valence-corrected chi connectivity index (χ1v) is 7.23. The summed E-state index contributed by atoms with van der Waals surface area (Å²) in [5, 5.41) is 4.49. The van der Waals surface area contributed by atoms with Crippen LogP contribution in [0.3, 0.4) is 0 Å². The fraction of sp³-hybridized carbons (Fsp3) is 0.375. The third kappa shape index (κ3) is 2.50. The molecular formula is C16H17ClN2O. The van der Waals surface area contributed by atoms with Gasteiger partial charge in [-0.1, -0.05) is 29.8 Å². The lowest BCUT2D eigenvalue weighted by molar-refractivity contribution is 0.0898. The summed E-state index contributed by atoms with van der Waals surface area (Å²) in [7, 11) is 0. The number of fused-ring (bicyclic) bond motifs is 1. The maximum atomic E-state index is 12.4. The van der Waals surface area contributed by atoms with E-state index in [1.165, 1.54) is 12.8 Å². The molecule has 20 heavy (non-hydrogen) atoms. The van der Waals surface area contributed by atoms with Crippen molar-refractivity contribution in [1.82, 2.24) is 10.3 Å². The number of halogens is 1. The molecule has 0 bridgehead atoms. The second-order valence-corrected chi connectivity index (χ2v) is 6.36. The molecule has 1 fully saturated rings. The Balaban J connectivity index is 1.91. The minimum atomic E-state index is -0.184. The highest BCUT2D eigenvalue weighted by Gasteiger charge is 2.39. The fourth-order valence-corrected chi connectivity index (χ4v) is 2.78. The number of pyridine rings is 1. The molecule has 3 nitrogen and oxygen atoms in total. The predicted molar refractivity (Wildman–Crippen MR) is 81.0 cm³/mol. The van der Waals surface area contributed by atoms with Crippen LogP contribution in [0.5, 0.6) is 0 Å². The van der Waals surface area contributed by atoms with Gasteiger partial charge in [-0.2, -0.15) is 0 Å². The lowest BCUT2D eigenvalue weighted by Gasteiger charge is -2.26. The van der Waals surface area contributed by atoms with E-state index in [1.807, 2.05) is 24.3 Å². The van der Waals surface area contributed by atoms with E-state index in [2.05, 4.69) is 24.1 Å². The van der Waals surface area contributed by atoms with Crippen molar-refractivity contribution in [2.75, 3.05) is 0 Å². The van der Waals surface area contributed by atoms with Crippen LogP contribution in [0.1, 0.15) is 37.2 Å². The highest BCUT2D eigenvalue weighted by atomic mass is 35.5. The number of hydrogen-bond acceptors (Lipinski definition) is 2. The van der Waals surface area contributed by atoms with Crippen molar-refractivity contribution in [1.29, 1.82) is 0 Å². The molecule has 1 N–H and O–H groups in total. The highest BCUT2D eigenvalue weighted by Crippen LogP contribution is 2.39. The number of carbonyl (C=O) groups is 1. The Hall–Kier alpha value is -1.61. The molecule has 1 heterocycles. The minimum absolute atomic E-state index is 0.158. The molecule has 0 aliphatic heterocycles. The van der Waals surface area contributed by atoms with Crippen molar-refractivity contribution in [3.63, 3.8) is 0 Å². The summed E-state index contributed by atoms with van der Waals surface area (Å²) in [6.45, 7) is 4.12. The summed E-state index contributed by atoms with van der Waals surface area (Å²) in [4.78, 5) is 16.8. The molecule has 1 aliphatic carbocycles. The van der Waals surface area contributed by atoms with Crippen molar-refractivity contribution in [3.05, 3.63) is 41.0 Å². The maximum absolute atomic E-state index is 12.4. The lowest BCUT2D eigenvalue weighted by atomic mass is 9.98. The van der Waals surface area contributed by atoms with Gasteiger partial charge >= 0.3 is 0 Å². The van der Waals surface area contributed by atoms with Crippen LogP contribution in [0.15, 0.2) is 30.3 Å². The van der Waals surface area contributed by atoms with Crippen molar-refractivity contribution in [2.24, 2.45) is 5.92 Å². The Morgan fingerprint density at radius 1 is 1.35 bits per heavy atom. The Kier molecular flexibility index (Phi) is 3.17. The second kappa shape index (κ2) is 4.74. The molecule has 0 spiro atoms. The quantitative estimate of drug-likeness (QED) is 0.933. The van der Waals surface area contributed by atoms with Crippen molar-refractivity contribution in [3.8, 4) is 0 Å². The van der Waals surface area contributed by atoms with E-state index in [1.54, 1.807) is 6.07 Å². The normalized spacial score (nSPS) is 15.3. The van der Waals surface area contributed by atoms with Gasteiger partial charge in [0.05, 0.1) is 10.5 Å². The molecule has 1 aromatic carbocycles. The molecule has 2 aromatic rings. The van der Waals surface area contributed by atoms with Gasteiger partial charge < -0.3 is 5.32 Å². The molecule has 0 unspecified atom stereocenters. The van der Waals surface area contributed by atoms with Gasteiger partial charge in [0.15, 0.2) is 0 Å². The summed E-state index contributed by atoms with van der Waals surface area (Å²) in [6, 6.07) is 9.21. The molecule has 0 radical (unpaired) electrons. The average Bonchev–Trinajstić information content (AvgIpc) is 3.23. The van der Waals surface area contributed by atoms with Crippen LogP contribution in [-0.4, -0.2) is 16.4 Å². The number of para-hydroxylation sites is 1. The number of carbonyl (C=O) groups excluding carboxylic acids is 1. The fourth-order valence-electron chi connectivity index (χ4n) is 2.51. The van der Waals surface area contributed by atoms with Crippen molar-refractivity contribution >= 4 is 28.4 Å². The predicted octanol–water partition coefficient (Wildman–Crippen LogP) is 3.81. The van der Waals surface area contributed by atoms with Crippen LogP contribution < -0.4 is 5.32 Å². The van der Waals surface area contributed by atoms with Crippen LogP contribution in [0.25, 0.3) is 10.9 Å². The van der Waals surface area contributed by atoms with E-state index in [0.717, 1.165) is 10.9 Å². The minimum Gasteiger partial charge on any atom is -0.346 e. The number of amides is 1. The topological polar surface area (TPSA) is 42.0 Å². The number of aromatic nitrogens is 1. The number of benzene rings is 1. The van der Waals surface area contributed by atoms with E-state index >= 15 is 0 Å². The Labute approximate surface area is 123 Å². The molecule has 0 saturated heterocycles. The van der Waals surface area contributed by atoms with Gasteiger partial charge in [-0.3, -0.25) is 4.79 Å². The molecule has 1 aromatic heterocycles. The van der Waals surface area contributed by atoms with Gasteiger partial charge in [0.2, 0.25) is 0 Å². The molecule has 3 rings (SSSR count). The summed E-state index contributed by atoms with van der Waals surface area (Å²) in [5.74, 6) is 0.414. The zero-order valence-electron chi connectivity index (χ0n) is 11.6. The number of rotatable bonds is 3.